The van der Waals surface area contributed by atoms with Gasteiger partial charge in [-0.05, 0) is 6.42 Å². The Labute approximate surface area is 213 Å². The number of likely N-dealkylation sites (N-methyl/N-ethyl adjacent to an activating group) is 1. The summed E-state index contributed by atoms with van der Waals surface area (Å²) >= 11 is 0. The van der Waals surface area contributed by atoms with E-state index in [0.717, 1.165) is 12.8 Å². The number of hydrogen-bond donors (Lipinski definition) is 1. The molecular weight excluding hydrogens is 449 g/mol. The molecule has 206 valence electrons. The molecule has 0 rings (SSSR count). The molecule has 0 aromatic rings. The highest BCUT2D eigenvalue weighted by atomic mass is 31.2. The average Bonchev–Trinajstić information content (AvgIpc) is 2.76. The Morgan fingerprint density at radius 3 is 1.50 bits per heavy atom. The number of phosphoric acid groups is 1. The maximum absolute atomic E-state index is 12.0. The molecule has 0 amide bonds. The van der Waals surface area contributed by atoms with Crippen molar-refractivity contribution >= 4 is 8.17 Å². The summed E-state index contributed by atoms with van der Waals surface area (Å²) in [6.07, 6.45) is 23.7. The van der Waals surface area contributed by atoms with Crippen LogP contribution in [-0.4, -0.2) is 63.5 Å². The maximum Gasteiger partial charge on any atom is 0.377 e. The smallest absolute Gasteiger partial charge is 0.377 e. The Bertz CT molecular complexity index is 432. The van der Waals surface area contributed by atoms with Crippen molar-refractivity contribution in [3.05, 3.63) is 0 Å². The first-order valence-electron chi connectivity index (χ1n) is 14.2. The lowest BCUT2D eigenvalue weighted by atomic mass is 10.0. The minimum Gasteiger partial charge on any atom is -0.606 e. The van der Waals surface area contributed by atoms with Gasteiger partial charge >= 0.3 is 8.17 Å². The lowest BCUT2D eigenvalue weighted by Crippen LogP contribution is -2.38. The van der Waals surface area contributed by atoms with Crippen LogP contribution < -0.4 is 4.89 Å². The Kier molecular flexibility index (Phi) is 22.5. The molecule has 1 N–H and O–H groups in total. The summed E-state index contributed by atoms with van der Waals surface area (Å²) in [5, 5.41) is 0. The van der Waals surface area contributed by atoms with E-state index in [9.17, 15) is 9.79 Å². The van der Waals surface area contributed by atoms with E-state index < -0.39 is 8.17 Å². The third kappa shape index (κ3) is 25.3. The van der Waals surface area contributed by atoms with Gasteiger partial charge in [-0.1, -0.05) is 116 Å². The van der Waals surface area contributed by atoms with Crippen LogP contribution in [0, 0.1) is 0 Å². The van der Waals surface area contributed by atoms with Crippen molar-refractivity contribution < 1.29 is 28.1 Å². The number of hydrogen-bond acceptors (Lipinski definition) is 5. The number of unbranched alkanes of at least 4 members (excludes halogenated alkanes) is 16. The number of methoxy groups -OCH3 is 1. The SMILES string of the molecule is CCCCCCCCCCCCCCCCCCC[C@@H](CO[P+]([O-])(O)OCC[N+](C)(C)C)OC. The number of rotatable bonds is 26. The van der Waals surface area contributed by atoms with Crippen LogP contribution in [0.15, 0.2) is 0 Å². The van der Waals surface area contributed by atoms with Gasteiger partial charge in [-0.2, -0.15) is 13.9 Å². The van der Waals surface area contributed by atoms with Crippen molar-refractivity contribution in [3.8, 4) is 0 Å². The van der Waals surface area contributed by atoms with E-state index in [1.165, 1.54) is 103 Å². The second kappa shape index (κ2) is 22.4. The summed E-state index contributed by atoms with van der Waals surface area (Å²) in [6, 6.07) is 0. The predicted octanol–water partition coefficient (Wildman–Crippen LogP) is 6.81. The van der Waals surface area contributed by atoms with Crippen molar-refractivity contribution in [1.82, 2.24) is 0 Å². The first-order chi connectivity index (χ1) is 16.2. The fraction of sp³-hybridized carbons (Fsp3) is 1.00. The first kappa shape index (κ1) is 34.2. The molecule has 0 aromatic heterocycles. The molecule has 7 heteroatoms. The van der Waals surface area contributed by atoms with Gasteiger partial charge in [-0.15, -0.1) is 0 Å². The highest BCUT2D eigenvalue weighted by Crippen LogP contribution is 2.47. The molecule has 6 nitrogen and oxygen atoms in total. The van der Waals surface area contributed by atoms with Crippen LogP contribution in [0.25, 0.3) is 0 Å². The summed E-state index contributed by atoms with van der Waals surface area (Å²) in [6.45, 7) is 3.20. The minimum atomic E-state index is -4.01. The van der Waals surface area contributed by atoms with Gasteiger partial charge in [0.2, 0.25) is 0 Å². The molecule has 2 atom stereocenters. The fourth-order valence-corrected chi connectivity index (χ4v) is 4.75. The van der Waals surface area contributed by atoms with Crippen LogP contribution in [-0.2, 0) is 13.8 Å². The molecule has 1 unspecified atom stereocenters. The van der Waals surface area contributed by atoms with Gasteiger partial charge < -0.3 is 14.1 Å². The van der Waals surface area contributed by atoms with E-state index in [2.05, 4.69) is 6.92 Å². The zero-order chi connectivity index (χ0) is 25.5. The third-order valence-corrected chi connectivity index (χ3v) is 7.39. The summed E-state index contributed by atoms with van der Waals surface area (Å²) in [5.74, 6) is 0. The lowest BCUT2D eigenvalue weighted by molar-refractivity contribution is -0.870. The van der Waals surface area contributed by atoms with E-state index in [4.69, 9.17) is 13.8 Å². The quantitative estimate of drug-likeness (QED) is 0.0789. The van der Waals surface area contributed by atoms with Crippen LogP contribution in [0.3, 0.4) is 0 Å². The van der Waals surface area contributed by atoms with Gasteiger partial charge in [-0.3, -0.25) is 0 Å². The van der Waals surface area contributed by atoms with E-state index in [-0.39, 0.29) is 19.3 Å². The van der Waals surface area contributed by atoms with Crippen molar-refractivity contribution in [1.29, 1.82) is 0 Å². The lowest BCUT2D eigenvalue weighted by Gasteiger charge is -2.26. The maximum atomic E-state index is 12.0. The Morgan fingerprint density at radius 1 is 0.706 bits per heavy atom. The van der Waals surface area contributed by atoms with Gasteiger partial charge in [0.1, 0.15) is 19.8 Å². The van der Waals surface area contributed by atoms with E-state index in [1.54, 1.807) is 7.11 Å². The van der Waals surface area contributed by atoms with Crippen LogP contribution in [0.4, 0.5) is 0 Å². The summed E-state index contributed by atoms with van der Waals surface area (Å²) in [5.41, 5.74) is 0. The van der Waals surface area contributed by atoms with Crippen LogP contribution in [0.2, 0.25) is 0 Å². The monoisotopic (exact) mass is 508 g/mol. The van der Waals surface area contributed by atoms with Crippen molar-refractivity contribution in [2.75, 3.05) is 48.0 Å². The molecule has 0 bridgehead atoms. The Morgan fingerprint density at radius 2 is 1.12 bits per heavy atom. The Hall–Kier alpha value is 0.190. The van der Waals surface area contributed by atoms with Gasteiger partial charge in [0.25, 0.3) is 0 Å². The highest BCUT2D eigenvalue weighted by Gasteiger charge is 2.29. The zero-order valence-electron chi connectivity index (χ0n) is 23.4. The first-order valence-corrected chi connectivity index (χ1v) is 15.6. The normalized spacial score (nSPS) is 14.9. The van der Waals surface area contributed by atoms with E-state index in [1.807, 2.05) is 21.1 Å². The fourth-order valence-electron chi connectivity index (χ4n) is 4.01. The van der Waals surface area contributed by atoms with Crippen molar-refractivity contribution in [3.63, 3.8) is 0 Å². The van der Waals surface area contributed by atoms with Crippen molar-refractivity contribution in [2.24, 2.45) is 0 Å². The number of quaternary nitrogens is 1. The van der Waals surface area contributed by atoms with Gasteiger partial charge in [0.05, 0.1) is 27.2 Å². The zero-order valence-corrected chi connectivity index (χ0v) is 24.3. The van der Waals surface area contributed by atoms with Crippen molar-refractivity contribution in [2.45, 2.75) is 129 Å². The van der Waals surface area contributed by atoms with E-state index in [0.29, 0.717) is 11.0 Å². The van der Waals surface area contributed by atoms with Crippen LogP contribution >= 0.6 is 8.17 Å². The molecule has 0 fully saturated rings. The molecule has 34 heavy (non-hydrogen) atoms. The van der Waals surface area contributed by atoms with Gasteiger partial charge in [-0.25, -0.2) is 0 Å². The number of ether oxygens (including phenoxy) is 1. The number of nitrogens with zero attached hydrogens (tertiary/aromatic N) is 1. The summed E-state index contributed by atoms with van der Waals surface area (Å²) < 4.78 is 16.3. The molecule has 0 saturated heterocycles. The molecule has 0 saturated carbocycles. The topological polar surface area (TPSA) is 71.0 Å². The molecule has 0 aliphatic carbocycles. The predicted molar refractivity (Wildman–Crippen MR) is 144 cm³/mol. The molecule has 0 radical (unpaired) electrons. The molecular formula is C27H59NO5P+. The second-order valence-electron chi connectivity index (χ2n) is 10.9. The third-order valence-electron chi connectivity index (χ3n) is 6.40. The van der Waals surface area contributed by atoms with Gasteiger partial charge in [0, 0.05) is 7.11 Å². The standard InChI is InChI=1S/C27H58NO5P/c1-6-7-8-9-10-11-12-13-14-15-16-17-18-19-20-21-22-23-27(31-5)26-33-34(29,30)32-25-24-28(2,3)4/h27H,6-26H2,1-5H3/p+1/t27-/m0/s1. The van der Waals surface area contributed by atoms with Crippen LogP contribution in [0.5, 0.6) is 0 Å². The molecule has 0 aliphatic rings. The number of phosphoric ester groups is 1. The second-order valence-corrected chi connectivity index (χ2v) is 12.4. The minimum absolute atomic E-state index is 0.0908. The Balaban J connectivity index is 3.50. The largest absolute Gasteiger partial charge is 0.606 e. The molecule has 0 spiro atoms. The average molecular weight is 509 g/mol. The molecule has 0 aliphatic heterocycles. The van der Waals surface area contributed by atoms with E-state index >= 15 is 0 Å². The molecule has 0 heterocycles. The van der Waals surface area contributed by atoms with Gasteiger partial charge in [0.15, 0.2) is 0 Å². The van der Waals surface area contributed by atoms with Crippen LogP contribution in [0.1, 0.15) is 122 Å². The highest BCUT2D eigenvalue weighted by molar-refractivity contribution is 7.52. The summed E-state index contributed by atoms with van der Waals surface area (Å²) in [7, 11) is 3.63. The molecule has 0 aromatic carbocycles. The summed E-state index contributed by atoms with van der Waals surface area (Å²) in [4.78, 5) is 21.8.